The number of hydrogen-bond acceptors (Lipinski definition) is 3. The Balaban J connectivity index is 4.00. The second-order valence-corrected chi connectivity index (χ2v) is 3.38. The number of aliphatic imine (C=N–C) groups is 1. The second-order valence-electron chi connectivity index (χ2n) is 3.38. The largest absolute Gasteiger partial charge is 0.299 e. The van der Waals surface area contributed by atoms with E-state index in [9.17, 15) is 9.59 Å². The van der Waals surface area contributed by atoms with Crippen molar-refractivity contribution >= 4 is 18.3 Å². The van der Waals surface area contributed by atoms with E-state index in [4.69, 9.17) is 0 Å². The van der Waals surface area contributed by atoms with Crippen LogP contribution in [-0.2, 0) is 9.59 Å². The molecule has 0 unspecified atom stereocenters. The molecular weight excluding hydrogens is 190 g/mol. The van der Waals surface area contributed by atoms with E-state index in [2.05, 4.69) is 4.99 Å². The van der Waals surface area contributed by atoms with Crippen molar-refractivity contribution in [2.45, 2.75) is 27.2 Å². The molecule has 0 aromatic heterocycles. The summed E-state index contributed by atoms with van der Waals surface area (Å²) in [6, 6.07) is 0. The molecule has 0 amide bonds. The van der Waals surface area contributed by atoms with Crippen LogP contribution >= 0.6 is 0 Å². The first kappa shape index (κ1) is 13.5. The first-order chi connectivity index (χ1) is 7.11. The predicted octanol–water partition coefficient (Wildman–Crippen LogP) is 2.33. The van der Waals surface area contributed by atoms with E-state index in [1.54, 1.807) is 25.3 Å². The van der Waals surface area contributed by atoms with Gasteiger partial charge in [-0.1, -0.05) is 19.9 Å². The Morgan fingerprint density at radius 1 is 1.40 bits per heavy atom. The van der Waals surface area contributed by atoms with Crippen LogP contribution in [0.3, 0.4) is 0 Å². The van der Waals surface area contributed by atoms with Crippen molar-refractivity contribution in [2.75, 3.05) is 0 Å². The fourth-order valence-corrected chi connectivity index (χ4v) is 0.772. The Labute approximate surface area is 90.6 Å². The van der Waals surface area contributed by atoms with Crippen molar-refractivity contribution in [1.82, 2.24) is 0 Å². The lowest BCUT2D eigenvalue weighted by Crippen LogP contribution is -2.06. The summed E-state index contributed by atoms with van der Waals surface area (Å²) in [7, 11) is 0. The molecule has 0 aliphatic rings. The van der Waals surface area contributed by atoms with Crippen LogP contribution in [-0.4, -0.2) is 18.3 Å². The summed E-state index contributed by atoms with van der Waals surface area (Å²) in [6.07, 6.45) is 7.45. The Kier molecular flexibility index (Phi) is 7.06. The van der Waals surface area contributed by atoms with Crippen molar-refractivity contribution in [3.63, 3.8) is 0 Å². The minimum atomic E-state index is 0.0431. The molecule has 0 N–H and O–H groups in total. The van der Waals surface area contributed by atoms with Gasteiger partial charge in [-0.15, -0.1) is 0 Å². The molecule has 0 aliphatic heterocycles. The van der Waals surface area contributed by atoms with Gasteiger partial charge >= 0.3 is 0 Å². The number of hydrogen-bond donors (Lipinski definition) is 0. The van der Waals surface area contributed by atoms with Crippen molar-refractivity contribution in [2.24, 2.45) is 10.9 Å². The van der Waals surface area contributed by atoms with Gasteiger partial charge in [-0.05, 0) is 13.0 Å². The highest BCUT2D eigenvalue weighted by Gasteiger charge is 2.03. The molecule has 0 atom stereocenters. The number of allylic oxidation sites excluding steroid dienone is 3. The van der Waals surface area contributed by atoms with Gasteiger partial charge in [0.15, 0.2) is 0 Å². The molecular formula is C12H17NO2. The predicted molar refractivity (Wildman–Crippen MR) is 61.9 cm³/mol. The molecule has 0 bridgehead atoms. The molecule has 0 radical (unpaired) electrons. The van der Waals surface area contributed by atoms with E-state index in [1.165, 1.54) is 6.20 Å². The molecule has 0 saturated heterocycles. The Morgan fingerprint density at radius 2 is 2.07 bits per heavy atom. The van der Waals surface area contributed by atoms with Gasteiger partial charge in [-0.25, -0.2) is 0 Å². The van der Waals surface area contributed by atoms with E-state index in [0.717, 1.165) is 6.29 Å². The lowest BCUT2D eigenvalue weighted by Gasteiger charge is -1.97. The highest BCUT2D eigenvalue weighted by atomic mass is 16.1. The molecule has 0 aliphatic carbocycles. The maximum atomic E-state index is 11.2. The number of rotatable bonds is 6. The zero-order valence-electron chi connectivity index (χ0n) is 9.43. The standard InChI is InChI=1S/C12H17NO2/c1-4-11(9-14)5-7-13-8-6-12(15)10(2)3/h4-5,7-10H,6H2,1-3H3/b7-5-,11-4+,13-8-. The zero-order chi connectivity index (χ0) is 11.7. The molecule has 3 nitrogen and oxygen atoms in total. The number of ketones is 1. The molecule has 0 fully saturated rings. The van der Waals surface area contributed by atoms with Crippen molar-refractivity contribution in [1.29, 1.82) is 0 Å². The second kappa shape index (κ2) is 7.85. The van der Waals surface area contributed by atoms with E-state index < -0.39 is 0 Å². The first-order valence-corrected chi connectivity index (χ1v) is 4.94. The first-order valence-electron chi connectivity index (χ1n) is 4.94. The Bertz CT molecular complexity index is 299. The third-order valence-corrected chi connectivity index (χ3v) is 1.86. The minimum absolute atomic E-state index is 0.0431. The van der Waals surface area contributed by atoms with Crippen molar-refractivity contribution in [3.05, 3.63) is 23.9 Å². The SMILES string of the molecule is C\C=C(C=O)/C=C\N=C/CC(=O)C(C)C. The fourth-order valence-electron chi connectivity index (χ4n) is 0.772. The van der Waals surface area contributed by atoms with Gasteiger partial charge in [0.25, 0.3) is 0 Å². The van der Waals surface area contributed by atoms with Crippen LogP contribution in [0.25, 0.3) is 0 Å². The summed E-state index contributed by atoms with van der Waals surface area (Å²) < 4.78 is 0. The van der Waals surface area contributed by atoms with Gasteiger partial charge < -0.3 is 0 Å². The Morgan fingerprint density at radius 3 is 2.53 bits per heavy atom. The maximum Gasteiger partial charge on any atom is 0.149 e. The number of nitrogens with zero attached hydrogens (tertiary/aromatic N) is 1. The number of Topliss-reactive ketones (excluding diaryl/α,β-unsaturated/α-hetero) is 1. The Hall–Kier alpha value is -1.51. The number of carbonyl (C=O) groups excluding carboxylic acids is 2. The highest BCUT2D eigenvalue weighted by Crippen LogP contribution is 1.97. The van der Waals surface area contributed by atoms with Gasteiger partial charge in [0.05, 0.1) is 0 Å². The van der Waals surface area contributed by atoms with Crippen LogP contribution in [0.5, 0.6) is 0 Å². The summed E-state index contributed by atoms with van der Waals surface area (Å²) in [5, 5.41) is 0. The van der Waals surface area contributed by atoms with Crippen LogP contribution in [0.15, 0.2) is 28.9 Å². The van der Waals surface area contributed by atoms with Gasteiger partial charge in [0.1, 0.15) is 12.1 Å². The van der Waals surface area contributed by atoms with Gasteiger partial charge in [-0.3, -0.25) is 14.6 Å². The summed E-state index contributed by atoms with van der Waals surface area (Å²) in [5.41, 5.74) is 0.572. The molecule has 0 rings (SSSR count). The van der Waals surface area contributed by atoms with E-state index >= 15 is 0 Å². The average molecular weight is 207 g/mol. The third kappa shape index (κ3) is 6.55. The summed E-state index contributed by atoms with van der Waals surface area (Å²) in [5.74, 6) is 0.204. The summed E-state index contributed by atoms with van der Waals surface area (Å²) in [6.45, 7) is 5.49. The van der Waals surface area contributed by atoms with Gasteiger partial charge in [0.2, 0.25) is 0 Å². The molecule has 0 aromatic carbocycles. The van der Waals surface area contributed by atoms with Crippen molar-refractivity contribution in [3.8, 4) is 0 Å². The third-order valence-electron chi connectivity index (χ3n) is 1.86. The monoisotopic (exact) mass is 207 g/mol. The van der Waals surface area contributed by atoms with E-state index in [0.29, 0.717) is 12.0 Å². The highest BCUT2D eigenvalue weighted by molar-refractivity contribution is 5.92. The van der Waals surface area contributed by atoms with Crippen LogP contribution < -0.4 is 0 Å². The summed E-state index contributed by atoms with van der Waals surface area (Å²) >= 11 is 0. The number of aldehydes is 1. The minimum Gasteiger partial charge on any atom is -0.299 e. The normalized spacial score (nSPS) is 12.9. The lowest BCUT2D eigenvalue weighted by atomic mass is 10.1. The topological polar surface area (TPSA) is 46.5 Å². The molecule has 82 valence electrons. The maximum absolute atomic E-state index is 11.2. The fraction of sp³-hybridized carbons (Fsp3) is 0.417. The lowest BCUT2D eigenvalue weighted by molar-refractivity contribution is -0.120. The molecule has 0 aromatic rings. The van der Waals surface area contributed by atoms with Crippen molar-refractivity contribution < 1.29 is 9.59 Å². The number of carbonyl (C=O) groups is 2. The van der Waals surface area contributed by atoms with Gasteiger partial charge in [0, 0.05) is 30.3 Å². The quantitative estimate of drug-likeness (QED) is 0.290. The van der Waals surface area contributed by atoms with Crippen LogP contribution in [0.4, 0.5) is 0 Å². The average Bonchev–Trinajstić information content (AvgIpc) is 2.23. The molecule has 3 heteroatoms. The molecule has 0 spiro atoms. The van der Waals surface area contributed by atoms with Crippen LogP contribution in [0.1, 0.15) is 27.2 Å². The van der Waals surface area contributed by atoms with E-state index in [-0.39, 0.29) is 11.7 Å². The molecule has 15 heavy (non-hydrogen) atoms. The smallest absolute Gasteiger partial charge is 0.149 e. The summed E-state index contributed by atoms with van der Waals surface area (Å²) in [4.78, 5) is 25.4. The molecule has 0 saturated carbocycles. The van der Waals surface area contributed by atoms with Crippen LogP contribution in [0.2, 0.25) is 0 Å². The van der Waals surface area contributed by atoms with Gasteiger partial charge in [-0.2, -0.15) is 0 Å². The molecule has 0 heterocycles. The van der Waals surface area contributed by atoms with Crippen LogP contribution in [0, 0.1) is 5.92 Å². The van der Waals surface area contributed by atoms with E-state index in [1.807, 2.05) is 13.8 Å². The zero-order valence-corrected chi connectivity index (χ0v) is 9.43.